The molecule has 0 bridgehead atoms. The Kier molecular flexibility index (Phi) is 494. The molecular weight excluding hydrogens is 144 g/mol. The van der Waals surface area contributed by atoms with Crippen molar-refractivity contribution in [1.82, 2.24) is 0 Å². The molecular formula is H4CuOS2. The quantitative estimate of drug-likeness (QED) is 0.241. The Bertz CT molecular complexity index is 6.00. The Morgan fingerprint density at radius 2 is 0.750 bits per heavy atom. The van der Waals surface area contributed by atoms with Crippen molar-refractivity contribution in [3.63, 3.8) is 0 Å². The summed E-state index contributed by atoms with van der Waals surface area (Å²) in [7, 11) is 0. The molecule has 33 valence electrons. The fraction of sp³-hybridized carbons (Fsp3) is 0. The van der Waals surface area contributed by atoms with E-state index in [0.29, 0.717) is 0 Å². The molecule has 0 atom stereocenters. The number of rotatable bonds is 0. The molecule has 0 spiro atoms. The van der Waals surface area contributed by atoms with Crippen molar-refractivity contribution >= 4 is 27.0 Å². The SMILES string of the molecule is O.[Cu+2].[SH-].[SH-]. The van der Waals surface area contributed by atoms with Gasteiger partial charge in [-0.25, -0.2) is 0 Å². The normalized spacial score (nSPS) is 0. The van der Waals surface area contributed by atoms with E-state index in [1.54, 1.807) is 0 Å². The van der Waals surface area contributed by atoms with Gasteiger partial charge in [0.1, 0.15) is 0 Å². The Labute approximate surface area is 49.8 Å². The first-order chi connectivity index (χ1) is 0. The second kappa shape index (κ2) is 30.4. The number of hydrogen-bond donors (Lipinski definition) is 0. The first-order valence-electron chi connectivity index (χ1n) is 0. The molecule has 0 aliphatic rings. The molecule has 4 heavy (non-hydrogen) atoms. The number of thiol groups is 2. The van der Waals surface area contributed by atoms with Crippen LogP contribution in [-0.4, -0.2) is 5.48 Å². The Hall–Kier alpha value is 1.18. The average molecular weight is 148 g/mol. The zero-order valence-corrected chi connectivity index (χ0v) is 4.43. The third-order valence-corrected chi connectivity index (χ3v) is 0. The maximum atomic E-state index is 0. The van der Waals surface area contributed by atoms with E-state index in [2.05, 4.69) is 0 Å². The molecule has 0 saturated carbocycles. The van der Waals surface area contributed by atoms with E-state index in [9.17, 15) is 0 Å². The van der Waals surface area contributed by atoms with Crippen molar-refractivity contribution in [2.75, 3.05) is 0 Å². The molecule has 0 aromatic rings. The predicted molar refractivity (Wildman–Crippen MR) is 21.1 cm³/mol. The Balaban J connectivity index is 0. The van der Waals surface area contributed by atoms with Gasteiger partial charge in [-0.3, -0.25) is 0 Å². The van der Waals surface area contributed by atoms with Crippen molar-refractivity contribution in [3.8, 4) is 0 Å². The maximum absolute atomic E-state index is 0. The minimum Gasteiger partial charge on any atom is -0.813 e. The summed E-state index contributed by atoms with van der Waals surface area (Å²) in [5.74, 6) is 0. The van der Waals surface area contributed by atoms with Crippen LogP contribution in [-0.2, 0) is 44.1 Å². The van der Waals surface area contributed by atoms with Crippen molar-refractivity contribution in [3.05, 3.63) is 0 Å². The van der Waals surface area contributed by atoms with Gasteiger partial charge in [0, 0.05) is 0 Å². The topological polar surface area (TPSA) is 31.5 Å². The summed E-state index contributed by atoms with van der Waals surface area (Å²) in [5.41, 5.74) is 0. The molecule has 1 radical (unpaired) electrons. The molecule has 0 unspecified atom stereocenters. The fourth-order valence-corrected chi connectivity index (χ4v) is 0. The third kappa shape index (κ3) is 10.9. The Morgan fingerprint density at radius 3 is 0.750 bits per heavy atom. The summed E-state index contributed by atoms with van der Waals surface area (Å²) in [6.45, 7) is 0. The summed E-state index contributed by atoms with van der Waals surface area (Å²) >= 11 is 0. The van der Waals surface area contributed by atoms with Crippen LogP contribution in [0.5, 0.6) is 0 Å². The molecule has 0 rings (SSSR count). The van der Waals surface area contributed by atoms with E-state index in [1.807, 2.05) is 0 Å². The van der Waals surface area contributed by atoms with Crippen LogP contribution in [0.15, 0.2) is 0 Å². The van der Waals surface area contributed by atoms with E-state index < -0.39 is 0 Å². The van der Waals surface area contributed by atoms with Crippen LogP contribution < -0.4 is 0 Å². The molecule has 0 aromatic carbocycles. The van der Waals surface area contributed by atoms with E-state index in [1.165, 1.54) is 0 Å². The average Bonchev–Trinajstić information content (AvgIpc) is 0. The maximum Gasteiger partial charge on any atom is 2.00 e. The molecule has 0 saturated heterocycles. The summed E-state index contributed by atoms with van der Waals surface area (Å²) in [6, 6.07) is 0. The molecule has 0 aliphatic carbocycles. The van der Waals surface area contributed by atoms with E-state index in [0.717, 1.165) is 0 Å². The van der Waals surface area contributed by atoms with Gasteiger partial charge >= 0.3 is 17.1 Å². The molecule has 0 aliphatic heterocycles. The van der Waals surface area contributed by atoms with Gasteiger partial charge in [0.25, 0.3) is 0 Å². The van der Waals surface area contributed by atoms with Crippen molar-refractivity contribution in [2.45, 2.75) is 0 Å². The molecule has 0 heterocycles. The summed E-state index contributed by atoms with van der Waals surface area (Å²) in [6.07, 6.45) is 0. The second-order valence-electron chi connectivity index (χ2n) is 0. The summed E-state index contributed by atoms with van der Waals surface area (Å²) in [5, 5.41) is 0. The van der Waals surface area contributed by atoms with Crippen LogP contribution >= 0.6 is 0 Å². The minimum atomic E-state index is 0. The van der Waals surface area contributed by atoms with Gasteiger partial charge in [-0.15, -0.1) is 0 Å². The minimum absolute atomic E-state index is 0. The van der Waals surface area contributed by atoms with Crippen molar-refractivity contribution in [2.24, 2.45) is 0 Å². The fourth-order valence-electron chi connectivity index (χ4n) is 0. The molecule has 0 amide bonds. The van der Waals surface area contributed by atoms with Crippen LogP contribution in [0.3, 0.4) is 0 Å². The van der Waals surface area contributed by atoms with Crippen LogP contribution in [0, 0.1) is 0 Å². The van der Waals surface area contributed by atoms with E-state index in [-0.39, 0.29) is 49.5 Å². The first-order valence-corrected chi connectivity index (χ1v) is 0. The van der Waals surface area contributed by atoms with Crippen LogP contribution in [0.25, 0.3) is 0 Å². The van der Waals surface area contributed by atoms with Gasteiger partial charge in [0.2, 0.25) is 0 Å². The van der Waals surface area contributed by atoms with Crippen LogP contribution in [0.4, 0.5) is 0 Å². The van der Waals surface area contributed by atoms with Gasteiger partial charge in [-0.2, -0.15) is 0 Å². The second-order valence-corrected chi connectivity index (χ2v) is 0. The van der Waals surface area contributed by atoms with Crippen LogP contribution in [0.2, 0.25) is 0 Å². The smallest absolute Gasteiger partial charge is 0.813 e. The standard InChI is InChI=1S/Cu.H2O.2H2S/h;3*1H2/q+2;;;/p-2. The summed E-state index contributed by atoms with van der Waals surface area (Å²) < 4.78 is 0. The van der Waals surface area contributed by atoms with E-state index >= 15 is 0 Å². The number of hydrogen-bond acceptors (Lipinski definition) is 2. The molecule has 2 N–H and O–H groups in total. The van der Waals surface area contributed by atoms with Crippen LogP contribution in [0.1, 0.15) is 0 Å². The molecule has 4 heteroatoms. The largest absolute Gasteiger partial charge is 2.00 e. The van der Waals surface area contributed by atoms with Gasteiger partial charge < -0.3 is 32.5 Å². The van der Waals surface area contributed by atoms with Gasteiger partial charge in [0.15, 0.2) is 0 Å². The first kappa shape index (κ1) is 65.0. The van der Waals surface area contributed by atoms with Crippen molar-refractivity contribution in [1.29, 1.82) is 0 Å². The third-order valence-electron chi connectivity index (χ3n) is 0. The molecule has 0 aromatic heterocycles. The zero-order valence-electron chi connectivity index (χ0n) is 1.70. The zero-order chi connectivity index (χ0) is 0. The predicted octanol–water partition coefficient (Wildman–Crippen LogP) is -1.37. The molecule has 1 nitrogen and oxygen atoms in total. The Morgan fingerprint density at radius 1 is 0.750 bits per heavy atom. The van der Waals surface area contributed by atoms with Gasteiger partial charge in [-0.05, 0) is 0 Å². The van der Waals surface area contributed by atoms with E-state index in [4.69, 9.17) is 0 Å². The van der Waals surface area contributed by atoms with Crippen molar-refractivity contribution < 1.29 is 22.5 Å². The van der Waals surface area contributed by atoms with Gasteiger partial charge in [-0.1, -0.05) is 0 Å². The summed E-state index contributed by atoms with van der Waals surface area (Å²) in [4.78, 5) is 0. The monoisotopic (exact) mass is 147 g/mol. The molecule has 0 fully saturated rings. The van der Waals surface area contributed by atoms with Gasteiger partial charge in [0.05, 0.1) is 0 Å².